The van der Waals surface area contributed by atoms with Crippen molar-refractivity contribution in [2.75, 3.05) is 0 Å². The second-order valence-electron chi connectivity index (χ2n) is 2.53. The molecule has 0 fully saturated rings. The minimum atomic E-state index is 0.126. The predicted molar refractivity (Wildman–Crippen MR) is 51.3 cm³/mol. The first-order valence-corrected chi connectivity index (χ1v) is 4.44. The number of aromatic hydroxyl groups is 1. The fourth-order valence-electron chi connectivity index (χ4n) is 1.05. The van der Waals surface area contributed by atoms with E-state index in [2.05, 4.69) is 20.9 Å². The normalized spacial score (nSPS) is 10.2. The van der Waals surface area contributed by atoms with Crippen molar-refractivity contribution in [3.8, 4) is 17.1 Å². The van der Waals surface area contributed by atoms with E-state index in [9.17, 15) is 5.11 Å². The van der Waals surface area contributed by atoms with Crippen molar-refractivity contribution in [3.05, 3.63) is 35.3 Å². The van der Waals surface area contributed by atoms with Gasteiger partial charge in [-0.25, -0.2) is 0 Å². The third-order valence-electron chi connectivity index (χ3n) is 1.60. The molecule has 0 radical (unpaired) electrons. The molecule has 0 saturated carbocycles. The number of furan rings is 1. The van der Waals surface area contributed by atoms with Gasteiger partial charge < -0.3 is 9.52 Å². The monoisotopic (exact) mass is 239 g/mol. The SMILES string of the molecule is Oc1cncc(-c2occc2Br)c1. The summed E-state index contributed by atoms with van der Waals surface area (Å²) < 4.78 is 6.05. The van der Waals surface area contributed by atoms with E-state index in [0.717, 1.165) is 10.0 Å². The average molecular weight is 240 g/mol. The van der Waals surface area contributed by atoms with Gasteiger partial charge in [-0.3, -0.25) is 4.98 Å². The third kappa shape index (κ3) is 1.58. The van der Waals surface area contributed by atoms with E-state index >= 15 is 0 Å². The van der Waals surface area contributed by atoms with E-state index in [1.54, 1.807) is 24.6 Å². The second kappa shape index (κ2) is 3.22. The van der Waals surface area contributed by atoms with Gasteiger partial charge in [-0.05, 0) is 28.1 Å². The second-order valence-corrected chi connectivity index (χ2v) is 3.38. The van der Waals surface area contributed by atoms with Crippen LogP contribution in [-0.4, -0.2) is 10.1 Å². The maximum atomic E-state index is 9.18. The number of halogens is 1. The summed E-state index contributed by atoms with van der Waals surface area (Å²) in [4.78, 5) is 3.85. The molecule has 0 unspecified atom stereocenters. The summed E-state index contributed by atoms with van der Waals surface area (Å²) >= 11 is 3.32. The van der Waals surface area contributed by atoms with Gasteiger partial charge >= 0.3 is 0 Å². The van der Waals surface area contributed by atoms with Gasteiger partial charge in [-0.15, -0.1) is 0 Å². The molecule has 2 aromatic rings. The standard InChI is InChI=1S/C9H6BrNO2/c10-8-1-2-13-9(8)6-3-7(12)5-11-4-6/h1-5,12H. The van der Waals surface area contributed by atoms with E-state index in [0.29, 0.717) is 5.76 Å². The molecule has 1 N–H and O–H groups in total. The highest BCUT2D eigenvalue weighted by molar-refractivity contribution is 9.10. The van der Waals surface area contributed by atoms with E-state index in [4.69, 9.17) is 4.42 Å². The van der Waals surface area contributed by atoms with Crippen LogP contribution in [0.3, 0.4) is 0 Å². The molecule has 2 rings (SSSR count). The van der Waals surface area contributed by atoms with Gasteiger partial charge in [-0.2, -0.15) is 0 Å². The fourth-order valence-corrected chi connectivity index (χ4v) is 1.48. The Hall–Kier alpha value is -1.29. The van der Waals surface area contributed by atoms with Crippen LogP contribution in [0.25, 0.3) is 11.3 Å². The molecule has 2 aromatic heterocycles. The maximum Gasteiger partial charge on any atom is 0.149 e. The van der Waals surface area contributed by atoms with E-state index in [1.165, 1.54) is 6.20 Å². The Bertz CT molecular complexity index is 425. The molecule has 4 heteroatoms. The Labute approximate surface area is 83.2 Å². The Balaban J connectivity index is 2.53. The topological polar surface area (TPSA) is 46.3 Å². The highest BCUT2D eigenvalue weighted by Crippen LogP contribution is 2.29. The highest BCUT2D eigenvalue weighted by Gasteiger charge is 2.06. The van der Waals surface area contributed by atoms with Crippen molar-refractivity contribution in [1.29, 1.82) is 0 Å². The van der Waals surface area contributed by atoms with Crippen molar-refractivity contribution >= 4 is 15.9 Å². The molecule has 2 heterocycles. The maximum absolute atomic E-state index is 9.18. The van der Waals surface area contributed by atoms with Crippen LogP contribution >= 0.6 is 15.9 Å². The molecule has 0 spiro atoms. The zero-order valence-corrected chi connectivity index (χ0v) is 8.15. The zero-order valence-electron chi connectivity index (χ0n) is 6.57. The summed E-state index contributed by atoms with van der Waals surface area (Å²) in [6.45, 7) is 0. The van der Waals surface area contributed by atoms with Crippen LogP contribution in [0.5, 0.6) is 5.75 Å². The number of hydrogen-bond donors (Lipinski definition) is 1. The van der Waals surface area contributed by atoms with Gasteiger partial charge in [0.1, 0.15) is 11.5 Å². The molecule has 3 nitrogen and oxygen atoms in total. The van der Waals surface area contributed by atoms with Crippen molar-refractivity contribution in [2.24, 2.45) is 0 Å². The van der Waals surface area contributed by atoms with Gasteiger partial charge in [0, 0.05) is 11.8 Å². The lowest BCUT2D eigenvalue weighted by atomic mass is 10.2. The first-order chi connectivity index (χ1) is 6.27. The molecule has 0 bridgehead atoms. The first-order valence-electron chi connectivity index (χ1n) is 3.65. The molecule has 0 saturated heterocycles. The smallest absolute Gasteiger partial charge is 0.149 e. The zero-order chi connectivity index (χ0) is 9.26. The van der Waals surface area contributed by atoms with Crippen molar-refractivity contribution in [1.82, 2.24) is 4.98 Å². The van der Waals surface area contributed by atoms with Crippen LogP contribution in [0, 0.1) is 0 Å². The quantitative estimate of drug-likeness (QED) is 0.833. The van der Waals surface area contributed by atoms with Crippen molar-refractivity contribution < 1.29 is 9.52 Å². The molecule has 0 aliphatic carbocycles. The average Bonchev–Trinajstić information content (AvgIpc) is 2.51. The van der Waals surface area contributed by atoms with E-state index in [1.807, 2.05) is 0 Å². The Kier molecular flexibility index (Phi) is 2.06. The molecule has 0 amide bonds. The van der Waals surface area contributed by atoms with Crippen molar-refractivity contribution in [3.63, 3.8) is 0 Å². The largest absolute Gasteiger partial charge is 0.506 e. The van der Waals surface area contributed by atoms with Gasteiger partial charge in [0.15, 0.2) is 0 Å². The summed E-state index contributed by atoms with van der Waals surface area (Å²) in [6.07, 6.45) is 4.58. The molecule has 13 heavy (non-hydrogen) atoms. The summed E-state index contributed by atoms with van der Waals surface area (Å²) in [7, 11) is 0. The van der Waals surface area contributed by atoms with Crippen LogP contribution in [0.15, 0.2) is 39.7 Å². The summed E-state index contributed by atoms with van der Waals surface area (Å²) in [5.41, 5.74) is 0.747. The lowest BCUT2D eigenvalue weighted by Crippen LogP contribution is -1.77. The minimum Gasteiger partial charge on any atom is -0.506 e. The number of rotatable bonds is 1. The third-order valence-corrected chi connectivity index (χ3v) is 2.23. The fraction of sp³-hybridized carbons (Fsp3) is 0. The molecular formula is C9H6BrNO2. The van der Waals surface area contributed by atoms with Gasteiger partial charge in [0.25, 0.3) is 0 Å². The summed E-state index contributed by atoms with van der Waals surface area (Å²) in [6, 6.07) is 3.38. The lowest BCUT2D eigenvalue weighted by Gasteiger charge is -1.97. The Morgan fingerprint density at radius 2 is 2.23 bits per heavy atom. The van der Waals surface area contributed by atoms with Gasteiger partial charge in [-0.1, -0.05) is 0 Å². The van der Waals surface area contributed by atoms with Crippen LogP contribution in [-0.2, 0) is 0 Å². The highest BCUT2D eigenvalue weighted by atomic mass is 79.9. The van der Waals surface area contributed by atoms with Gasteiger partial charge in [0.05, 0.1) is 16.9 Å². The molecule has 0 aliphatic rings. The number of nitrogens with zero attached hydrogens (tertiary/aromatic N) is 1. The van der Waals surface area contributed by atoms with E-state index < -0.39 is 0 Å². The molecular weight excluding hydrogens is 234 g/mol. The predicted octanol–water partition coefficient (Wildman–Crippen LogP) is 2.81. The molecule has 66 valence electrons. The molecule has 0 aliphatic heterocycles. The number of hydrogen-bond acceptors (Lipinski definition) is 3. The van der Waals surface area contributed by atoms with Crippen LogP contribution in [0.4, 0.5) is 0 Å². The summed E-state index contributed by atoms with van der Waals surface area (Å²) in [5.74, 6) is 0.796. The molecule has 0 atom stereocenters. The van der Waals surface area contributed by atoms with E-state index in [-0.39, 0.29) is 5.75 Å². The van der Waals surface area contributed by atoms with Crippen LogP contribution in [0.1, 0.15) is 0 Å². The van der Waals surface area contributed by atoms with Crippen molar-refractivity contribution in [2.45, 2.75) is 0 Å². The Morgan fingerprint density at radius 3 is 2.85 bits per heavy atom. The lowest BCUT2D eigenvalue weighted by molar-refractivity contribution is 0.472. The molecule has 0 aromatic carbocycles. The first kappa shape index (κ1) is 8.31. The number of pyridine rings is 1. The minimum absolute atomic E-state index is 0.126. The van der Waals surface area contributed by atoms with Crippen LogP contribution < -0.4 is 0 Å². The van der Waals surface area contributed by atoms with Crippen LogP contribution in [0.2, 0.25) is 0 Å². The van der Waals surface area contributed by atoms with Gasteiger partial charge in [0.2, 0.25) is 0 Å². The number of aromatic nitrogens is 1. The summed E-state index contributed by atoms with van der Waals surface area (Å²) in [5, 5.41) is 9.18. The Morgan fingerprint density at radius 1 is 1.38 bits per heavy atom.